The summed E-state index contributed by atoms with van der Waals surface area (Å²) in [6, 6.07) is 14.6. The lowest BCUT2D eigenvalue weighted by atomic mass is 10.0. The maximum absolute atomic E-state index is 12.9. The number of hydrogen-bond donors (Lipinski definition) is 4. The first kappa shape index (κ1) is 21.3. The standard InChI is InChI=1S/C19H27N3O4S/c1-14(23)12-22(27(25,26)17-9-7-16(20)8-10-17)13-19(24)18(21)11-15-5-3-2-4-6-15/h2-10,14,18-19,23-24H,11-13,20-21H2,1H3. The molecule has 2 aromatic carbocycles. The molecule has 7 nitrogen and oxygen atoms in total. The van der Waals surface area contributed by atoms with Crippen LogP contribution in [0.2, 0.25) is 0 Å². The summed E-state index contributed by atoms with van der Waals surface area (Å²) in [6.07, 6.45) is -1.58. The van der Waals surface area contributed by atoms with Gasteiger partial charge in [0, 0.05) is 24.8 Å². The van der Waals surface area contributed by atoms with Gasteiger partial charge in [0.2, 0.25) is 10.0 Å². The van der Waals surface area contributed by atoms with E-state index in [1.54, 1.807) is 0 Å². The topological polar surface area (TPSA) is 130 Å². The van der Waals surface area contributed by atoms with Crippen LogP contribution in [0.1, 0.15) is 12.5 Å². The minimum atomic E-state index is -3.91. The van der Waals surface area contributed by atoms with Gasteiger partial charge in [-0.15, -0.1) is 0 Å². The summed E-state index contributed by atoms with van der Waals surface area (Å²) in [5.74, 6) is 0. The number of aliphatic hydroxyl groups excluding tert-OH is 2. The normalized spacial score (nSPS) is 15.4. The maximum Gasteiger partial charge on any atom is 0.243 e. The van der Waals surface area contributed by atoms with Crippen molar-refractivity contribution in [1.82, 2.24) is 4.31 Å². The molecule has 0 saturated carbocycles. The highest BCUT2D eigenvalue weighted by Gasteiger charge is 2.29. The number of nitrogens with two attached hydrogens (primary N) is 2. The predicted octanol–water partition coefficient (Wildman–Crippen LogP) is 0.571. The molecule has 8 heteroatoms. The zero-order valence-corrected chi connectivity index (χ0v) is 16.1. The van der Waals surface area contributed by atoms with Crippen molar-refractivity contribution in [2.75, 3.05) is 18.8 Å². The first-order chi connectivity index (χ1) is 12.7. The van der Waals surface area contributed by atoms with Crippen molar-refractivity contribution in [3.63, 3.8) is 0 Å². The molecule has 0 bridgehead atoms. The third-order valence-corrected chi connectivity index (χ3v) is 6.03. The molecular formula is C19H27N3O4S. The van der Waals surface area contributed by atoms with Gasteiger partial charge in [0.05, 0.1) is 17.1 Å². The van der Waals surface area contributed by atoms with Crippen molar-refractivity contribution in [3.8, 4) is 0 Å². The molecule has 0 amide bonds. The van der Waals surface area contributed by atoms with Crippen LogP contribution in [0.3, 0.4) is 0 Å². The van der Waals surface area contributed by atoms with Gasteiger partial charge in [-0.05, 0) is 43.2 Å². The largest absolute Gasteiger partial charge is 0.399 e. The molecule has 0 aliphatic rings. The minimum absolute atomic E-state index is 0.0428. The second-order valence-corrected chi connectivity index (χ2v) is 8.60. The predicted molar refractivity (Wildman–Crippen MR) is 105 cm³/mol. The van der Waals surface area contributed by atoms with Gasteiger partial charge in [-0.3, -0.25) is 0 Å². The van der Waals surface area contributed by atoms with E-state index in [2.05, 4.69) is 0 Å². The maximum atomic E-state index is 12.9. The number of rotatable bonds is 9. The van der Waals surface area contributed by atoms with Gasteiger partial charge >= 0.3 is 0 Å². The van der Waals surface area contributed by atoms with E-state index in [9.17, 15) is 18.6 Å². The van der Waals surface area contributed by atoms with Gasteiger partial charge in [0.25, 0.3) is 0 Å². The first-order valence-electron chi connectivity index (χ1n) is 8.71. The number of aliphatic hydroxyl groups is 2. The van der Waals surface area contributed by atoms with Crippen molar-refractivity contribution in [3.05, 3.63) is 60.2 Å². The molecule has 3 unspecified atom stereocenters. The lowest BCUT2D eigenvalue weighted by Crippen LogP contribution is -2.48. The summed E-state index contributed by atoms with van der Waals surface area (Å²) >= 11 is 0. The summed E-state index contributed by atoms with van der Waals surface area (Å²) in [7, 11) is -3.91. The van der Waals surface area contributed by atoms with Crippen LogP contribution in [-0.4, -0.2) is 54.3 Å². The fraction of sp³-hybridized carbons (Fsp3) is 0.368. The fourth-order valence-electron chi connectivity index (χ4n) is 2.72. The van der Waals surface area contributed by atoms with Crippen LogP contribution in [0.25, 0.3) is 0 Å². The monoisotopic (exact) mass is 393 g/mol. The van der Waals surface area contributed by atoms with Gasteiger partial charge in [0.1, 0.15) is 0 Å². The number of benzene rings is 2. The molecule has 27 heavy (non-hydrogen) atoms. The molecule has 0 aromatic heterocycles. The smallest absolute Gasteiger partial charge is 0.243 e. The summed E-state index contributed by atoms with van der Waals surface area (Å²) in [4.78, 5) is 0.0428. The molecule has 0 aliphatic heterocycles. The molecule has 0 aliphatic carbocycles. The Morgan fingerprint density at radius 1 is 1.00 bits per heavy atom. The molecule has 2 rings (SSSR count). The van der Waals surface area contributed by atoms with E-state index < -0.39 is 28.3 Å². The lowest BCUT2D eigenvalue weighted by molar-refractivity contribution is 0.0985. The van der Waals surface area contributed by atoms with Crippen LogP contribution < -0.4 is 11.5 Å². The average Bonchev–Trinajstić information content (AvgIpc) is 2.62. The third kappa shape index (κ3) is 6.02. The number of hydrogen-bond acceptors (Lipinski definition) is 6. The van der Waals surface area contributed by atoms with E-state index in [0.29, 0.717) is 12.1 Å². The Morgan fingerprint density at radius 3 is 2.15 bits per heavy atom. The second-order valence-electron chi connectivity index (χ2n) is 6.66. The Bertz CT molecular complexity index is 811. The fourth-order valence-corrected chi connectivity index (χ4v) is 4.26. The molecule has 6 N–H and O–H groups in total. The number of sulfonamides is 1. The van der Waals surface area contributed by atoms with E-state index in [4.69, 9.17) is 11.5 Å². The number of nitrogen functional groups attached to an aromatic ring is 1. The Balaban J connectivity index is 2.16. The van der Waals surface area contributed by atoms with Crippen LogP contribution in [0.5, 0.6) is 0 Å². The number of anilines is 1. The molecule has 0 radical (unpaired) electrons. The van der Waals surface area contributed by atoms with Crippen LogP contribution in [0.4, 0.5) is 5.69 Å². The zero-order chi connectivity index (χ0) is 20.0. The number of nitrogens with zero attached hydrogens (tertiary/aromatic N) is 1. The van der Waals surface area contributed by atoms with Crippen molar-refractivity contribution in [1.29, 1.82) is 0 Å². The highest BCUT2D eigenvalue weighted by Crippen LogP contribution is 2.19. The van der Waals surface area contributed by atoms with Gasteiger partial charge < -0.3 is 21.7 Å². The molecule has 3 atom stereocenters. The van der Waals surface area contributed by atoms with Crippen LogP contribution in [0.15, 0.2) is 59.5 Å². The van der Waals surface area contributed by atoms with Crippen molar-refractivity contribution in [2.24, 2.45) is 5.73 Å². The highest BCUT2D eigenvalue weighted by atomic mass is 32.2. The average molecular weight is 394 g/mol. The Labute approximate surface area is 160 Å². The second kappa shape index (κ2) is 9.29. The summed E-state index contributed by atoms with van der Waals surface area (Å²) in [5.41, 5.74) is 13.1. The van der Waals surface area contributed by atoms with Gasteiger partial charge in [-0.25, -0.2) is 8.42 Å². The molecule has 2 aromatic rings. The van der Waals surface area contributed by atoms with Crippen molar-refractivity contribution < 1.29 is 18.6 Å². The van der Waals surface area contributed by atoms with Crippen LogP contribution in [0, 0.1) is 0 Å². The van der Waals surface area contributed by atoms with Gasteiger partial charge in [0.15, 0.2) is 0 Å². The van der Waals surface area contributed by atoms with E-state index in [0.717, 1.165) is 9.87 Å². The van der Waals surface area contributed by atoms with E-state index in [1.807, 2.05) is 30.3 Å². The lowest BCUT2D eigenvalue weighted by Gasteiger charge is -2.28. The van der Waals surface area contributed by atoms with Crippen LogP contribution >= 0.6 is 0 Å². The third-order valence-electron chi connectivity index (χ3n) is 4.18. The SMILES string of the molecule is CC(O)CN(CC(O)C(N)Cc1ccccc1)S(=O)(=O)c1ccc(N)cc1. The van der Waals surface area contributed by atoms with Gasteiger partial charge in [-0.1, -0.05) is 30.3 Å². The van der Waals surface area contributed by atoms with E-state index in [-0.39, 0.29) is 18.0 Å². The quantitative estimate of drug-likeness (QED) is 0.461. The van der Waals surface area contributed by atoms with Crippen molar-refractivity contribution >= 4 is 15.7 Å². The molecular weight excluding hydrogens is 366 g/mol. The summed E-state index contributed by atoms with van der Waals surface area (Å²) < 4.78 is 26.9. The van der Waals surface area contributed by atoms with Gasteiger partial charge in [-0.2, -0.15) is 4.31 Å². The van der Waals surface area contributed by atoms with E-state index >= 15 is 0 Å². The minimum Gasteiger partial charge on any atom is -0.399 e. The van der Waals surface area contributed by atoms with Crippen LogP contribution in [-0.2, 0) is 16.4 Å². The first-order valence-corrected chi connectivity index (χ1v) is 10.2. The molecule has 0 heterocycles. The molecule has 0 fully saturated rings. The molecule has 0 saturated heterocycles. The Kier molecular flexibility index (Phi) is 7.34. The summed E-state index contributed by atoms with van der Waals surface area (Å²) in [6.45, 7) is 1.12. The zero-order valence-electron chi connectivity index (χ0n) is 15.3. The summed E-state index contributed by atoms with van der Waals surface area (Å²) in [5, 5.41) is 20.2. The Morgan fingerprint density at radius 2 is 1.59 bits per heavy atom. The van der Waals surface area contributed by atoms with E-state index in [1.165, 1.54) is 31.2 Å². The molecule has 0 spiro atoms. The Hall–Kier alpha value is -1.97. The highest BCUT2D eigenvalue weighted by molar-refractivity contribution is 7.89. The van der Waals surface area contributed by atoms with Crippen molar-refractivity contribution in [2.45, 2.75) is 36.5 Å². The molecule has 148 valence electrons.